The number of nitrogens with two attached hydrogens (primary N) is 1. The number of aromatic nitrogens is 2. The van der Waals surface area contributed by atoms with E-state index < -0.39 is 0 Å². The van der Waals surface area contributed by atoms with Crippen molar-refractivity contribution in [3.05, 3.63) is 46.6 Å². The minimum Gasteiger partial charge on any atom is -0.409 e. The fourth-order valence-electron chi connectivity index (χ4n) is 1.26. The summed E-state index contributed by atoms with van der Waals surface area (Å²) in [5.41, 5.74) is 6.14. The minimum atomic E-state index is 0.0181. The van der Waals surface area contributed by atoms with E-state index in [-0.39, 0.29) is 5.84 Å². The van der Waals surface area contributed by atoms with Gasteiger partial charge in [0.1, 0.15) is 5.03 Å². The standard InChI is InChI=1S/C11H9BrN4OS/c12-7-1-3-8(4-2-7)18-11-9(10(13)16-17)5-6-14-15-11/h1-6,17H,(H2,13,16). The first-order valence-electron chi connectivity index (χ1n) is 4.93. The smallest absolute Gasteiger partial charge is 0.172 e. The van der Waals surface area contributed by atoms with E-state index in [2.05, 4.69) is 31.3 Å². The van der Waals surface area contributed by atoms with Crippen LogP contribution < -0.4 is 5.73 Å². The fourth-order valence-corrected chi connectivity index (χ4v) is 2.39. The molecular weight excluding hydrogens is 316 g/mol. The van der Waals surface area contributed by atoms with Crippen molar-refractivity contribution in [1.29, 1.82) is 0 Å². The van der Waals surface area contributed by atoms with Crippen LogP contribution in [-0.4, -0.2) is 21.2 Å². The van der Waals surface area contributed by atoms with Gasteiger partial charge < -0.3 is 10.9 Å². The number of hydrogen-bond donors (Lipinski definition) is 2. The number of rotatable bonds is 3. The van der Waals surface area contributed by atoms with Gasteiger partial charge in [0.2, 0.25) is 0 Å². The first-order valence-corrected chi connectivity index (χ1v) is 6.54. The number of amidine groups is 1. The molecule has 92 valence electrons. The van der Waals surface area contributed by atoms with Crippen molar-refractivity contribution < 1.29 is 5.21 Å². The Kier molecular flexibility index (Phi) is 4.16. The van der Waals surface area contributed by atoms with Crippen LogP contribution in [0, 0.1) is 0 Å². The van der Waals surface area contributed by atoms with Crippen LogP contribution in [0.3, 0.4) is 0 Å². The quantitative estimate of drug-likeness (QED) is 0.392. The van der Waals surface area contributed by atoms with Crippen molar-refractivity contribution in [2.45, 2.75) is 9.92 Å². The highest BCUT2D eigenvalue weighted by molar-refractivity contribution is 9.10. The summed E-state index contributed by atoms with van der Waals surface area (Å²) in [6.45, 7) is 0. The van der Waals surface area contributed by atoms with Gasteiger partial charge in [-0.15, -0.1) is 5.10 Å². The van der Waals surface area contributed by atoms with Crippen LogP contribution in [0.4, 0.5) is 0 Å². The van der Waals surface area contributed by atoms with Crippen LogP contribution in [0.5, 0.6) is 0 Å². The summed E-state index contributed by atoms with van der Waals surface area (Å²) < 4.78 is 1.00. The van der Waals surface area contributed by atoms with Crippen LogP contribution in [0.1, 0.15) is 5.56 Å². The molecule has 0 saturated carbocycles. The SMILES string of the molecule is NC(=NO)c1ccnnc1Sc1ccc(Br)cc1. The van der Waals surface area contributed by atoms with Gasteiger partial charge in [0.05, 0.1) is 11.8 Å². The maximum Gasteiger partial charge on any atom is 0.172 e. The maximum absolute atomic E-state index is 8.71. The summed E-state index contributed by atoms with van der Waals surface area (Å²) in [4.78, 5) is 0.991. The molecule has 0 aliphatic heterocycles. The molecule has 0 saturated heterocycles. The van der Waals surface area contributed by atoms with E-state index in [0.717, 1.165) is 9.37 Å². The molecule has 3 N–H and O–H groups in total. The third-order valence-corrected chi connectivity index (χ3v) is 3.63. The molecule has 0 aliphatic rings. The molecule has 7 heteroatoms. The molecule has 0 bridgehead atoms. The summed E-state index contributed by atoms with van der Waals surface area (Å²) in [7, 11) is 0. The predicted octanol–water partition coefficient (Wildman–Crippen LogP) is 2.48. The second-order valence-electron chi connectivity index (χ2n) is 3.29. The molecule has 5 nitrogen and oxygen atoms in total. The van der Waals surface area contributed by atoms with E-state index in [1.807, 2.05) is 24.3 Å². The van der Waals surface area contributed by atoms with E-state index in [0.29, 0.717) is 10.6 Å². The second-order valence-corrected chi connectivity index (χ2v) is 5.27. The molecule has 2 rings (SSSR count). The fraction of sp³-hybridized carbons (Fsp3) is 0. The molecule has 0 fully saturated rings. The van der Waals surface area contributed by atoms with Gasteiger partial charge in [-0.3, -0.25) is 0 Å². The highest BCUT2D eigenvalue weighted by atomic mass is 79.9. The van der Waals surface area contributed by atoms with Crippen LogP contribution in [-0.2, 0) is 0 Å². The molecule has 0 unspecified atom stereocenters. The Morgan fingerprint density at radius 3 is 2.67 bits per heavy atom. The average Bonchev–Trinajstić information content (AvgIpc) is 2.41. The second kappa shape index (κ2) is 5.83. The lowest BCUT2D eigenvalue weighted by Gasteiger charge is -2.05. The molecule has 0 aliphatic carbocycles. The molecule has 18 heavy (non-hydrogen) atoms. The number of hydrogen-bond acceptors (Lipinski definition) is 5. The number of nitrogens with zero attached hydrogens (tertiary/aromatic N) is 3. The van der Waals surface area contributed by atoms with Crippen molar-refractivity contribution in [3.63, 3.8) is 0 Å². The van der Waals surface area contributed by atoms with Crippen molar-refractivity contribution in [2.75, 3.05) is 0 Å². The molecule has 1 aromatic heterocycles. The molecule has 1 heterocycles. The van der Waals surface area contributed by atoms with E-state index in [1.165, 1.54) is 18.0 Å². The van der Waals surface area contributed by atoms with Gasteiger partial charge in [0.25, 0.3) is 0 Å². The lowest BCUT2D eigenvalue weighted by atomic mass is 10.3. The zero-order valence-corrected chi connectivity index (χ0v) is 11.5. The van der Waals surface area contributed by atoms with Gasteiger partial charge in [0, 0.05) is 9.37 Å². The normalized spacial score (nSPS) is 11.5. The van der Waals surface area contributed by atoms with Crippen molar-refractivity contribution in [2.24, 2.45) is 10.9 Å². The molecule has 0 radical (unpaired) electrons. The van der Waals surface area contributed by atoms with Crippen molar-refractivity contribution in [3.8, 4) is 0 Å². The number of benzene rings is 1. The van der Waals surface area contributed by atoms with Crippen LogP contribution in [0.25, 0.3) is 0 Å². The Morgan fingerprint density at radius 2 is 2.00 bits per heavy atom. The Morgan fingerprint density at radius 1 is 1.28 bits per heavy atom. The van der Waals surface area contributed by atoms with Crippen LogP contribution in [0.2, 0.25) is 0 Å². The predicted molar refractivity (Wildman–Crippen MR) is 72.8 cm³/mol. The van der Waals surface area contributed by atoms with Crippen LogP contribution >= 0.6 is 27.7 Å². The Bertz CT molecular complexity index is 574. The number of halogens is 1. The summed E-state index contributed by atoms with van der Waals surface area (Å²) in [6.07, 6.45) is 1.50. The molecular formula is C11H9BrN4OS. The molecule has 1 aromatic carbocycles. The molecule has 0 atom stereocenters. The monoisotopic (exact) mass is 324 g/mol. The summed E-state index contributed by atoms with van der Waals surface area (Å²) in [5.74, 6) is 0.0181. The van der Waals surface area contributed by atoms with E-state index in [4.69, 9.17) is 10.9 Å². The zero-order chi connectivity index (χ0) is 13.0. The van der Waals surface area contributed by atoms with Gasteiger partial charge in [-0.25, -0.2) is 0 Å². The maximum atomic E-state index is 8.71. The molecule has 0 amide bonds. The van der Waals surface area contributed by atoms with Gasteiger partial charge in [-0.05, 0) is 30.3 Å². The lowest BCUT2D eigenvalue weighted by molar-refractivity contribution is 0.318. The Hall–Kier alpha value is -1.60. The van der Waals surface area contributed by atoms with E-state index >= 15 is 0 Å². The van der Waals surface area contributed by atoms with Gasteiger partial charge in [-0.2, -0.15) is 5.10 Å². The number of oxime groups is 1. The molecule has 0 spiro atoms. The summed E-state index contributed by atoms with van der Waals surface area (Å²) in [5, 5.41) is 20.1. The van der Waals surface area contributed by atoms with Crippen molar-refractivity contribution in [1.82, 2.24) is 10.2 Å². The average molecular weight is 325 g/mol. The van der Waals surface area contributed by atoms with Crippen molar-refractivity contribution >= 4 is 33.5 Å². The Balaban J connectivity index is 2.32. The highest BCUT2D eigenvalue weighted by Crippen LogP contribution is 2.28. The van der Waals surface area contributed by atoms with E-state index in [9.17, 15) is 0 Å². The topological polar surface area (TPSA) is 84.4 Å². The third-order valence-electron chi connectivity index (χ3n) is 2.10. The van der Waals surface area contributed by atoms with Crippen LogP contribution in [0.15, 0.2) is 56.1 Å². The highest BCUT2D eigenvalue weighted by Gasteiger charge is 2.10. The summed E-state index contributed by atoms with van der Waals surface area (Å²) >= 11 is 4.77. The largest absolute Gasteiger partial charge is 0.409 e. The minimum absolute atomic E-state index is 0.0181. The Labute approximate surface area is 116 Å². The van der Waals surface area contributed by atoms with Gasteiger partial charge in [0.15, 0.2) is 5.84 Å². The first-order chi connectivity index (χ1) is 8.70. The summed E-state index contributed by atoms with van der Waals surface area (Å²) in [6, 6.07) is 9.41. The lowest BCUT2D eigenvalue weighted by Crippen LogP contribution is -2.15. The zero-order valence-electron chi connectivity index (χ0n) is 9.12. The first kappa shape index (κ1) is 12.8. The third kappa shape index (κ3) is 2.99. The van der Waals surface area contributed by atoms with Gasteiger partial charge in [-0.1, -0.05) is 32.8 Å². The molecule has 2 aromatic rings. The van der Waals surface area contributed by atoms with Gasteiger partial charge >= 0.3 is 0 Å². The van der Waals surface area contributed by atoms with E-state index in [1.54, 1.807) is 6.07 Å².